The van der Waals surface area contributed by atoms with Crippen LogP contribution in [0.15, 0.2) is 18.2 Å². The average molecular weight is 631 g/mol. The summed E-state index contributed by atoms with van der Waals surface area (Å²) in [5, 5.41) is 15.3. The lowest BCUT2D eigenvalue weighted by Gasteiger charge is -2.35. The van der Waals surface area contributed by atoms with Crippen molar-refractivity contribution in [2.45, 2.75) is 76.2 Å². The highest BCUT2D eigenvalue weighted by atomic mass is 35.5. The van der Waals surface area contributed by atoms with Crippen molar-refractivity contribution < 1.29 is 19.0 Å². The number of aromatic hydroxyl groups is 1. The number of rotatable bonds is 8. The number of ether oxygens (including phenoxy) is 2. The molecule has 2 aromatic carbocycles. The third-order valence-corrected chi connectivity index (χ3v) is 9.68. The summed E-state index contributed by atoms with van der Waals surface area (Å²) in [6.07, 6.45) is 5.33. The van der Waals surface area contributed by atoms with E-state index in [1.807, 2.05) is 0 Å². The van der Waals surface area contributed by atoms with E-state index in [4.69, 9.17) is 37.7 Å². The minimum absolute atomic E-state index is 0.0345. The van der Waals surface area contributed by atoms with Crippen LogP contribution in [0.25, 0.3) is 22.0 Å². The fourth-order valence-corrected chi connectivity index (χ4v) is 7.86. The van der Waals surface area contributed by atoms with Crippen molar-refractivity contribution in [3.05, 3.63) is 39.6 Å². The van der Waals surface area contributed by atoms with Crippen LogP contribution in [-0.4, -0.2) is 83.6 Å². The summed E-state index contributed by atoms with van der Waals surface area (Å²) in [5.74, 6) is 0.252. The van der Waals surface area contributed by atoms with Gasteiger partial charge in [-0.05, 0) is 81.2 Å². The van der Waals surface area contributed by atoms with Gasteiger partial charge in [0.15, 0.2) is 5.82 Å². The smallest absolute Gasteiger partial charge is 0.319 e. The molecule has 4 unspecified atom stereocenters. The van der Waals surface area contributed by atoms with Crippen LogP contribution in [0.3, 0.4) is 0 Å². The normalized spacial score (nSPS) is 25.9. The summed E-state index contributed by atoms with van der Waals surface area (Å²) in [5.41, 5.74) is 1.67. The molecule has 3 saturated heterocycles. The van der Waals surface area contributed by atoms with Gasteiger partial charge in [-0.1, -0.05) is 23.2 Å². The van der Waals surface area contributed by atoms with Crippen molar-refractivity contribution in [1.29, 1.82) is 0 Å². The van der Waals surface area contributed by atoms with Gasteiger partial charge in [0.2, 0.25) is 0 Å². The van der Waals surface area contributed by atoms with Crippen LogP contribution in [-0.2, 0) is 4.74 Å². The molecule has 0 spiro atoms. The minimum atomic E-state index is -0.561. The molecule has 230 valence electrons. The molecule has 2 bridgehead atoms. The number of hydrogen-bond acceptors (Lipinski definition) is 8. The predicted octanol–water partition coefficient (Wildman–Crippen LogP) is 6.14. The van der Waals surface area contributed by atoms with Gasteiger partial charge in [-0.2, -0.15) is 9.97 Å². The first-order valence-corrected chi connectivity index (χ1v) is 16.2. The minimum Gasteiger partial charge on any atom is -0.508 e. The maximum Gasteiger partial charge on any atom is 0.319 e. The Labute approximate surface area is 261 Å². The molecule has 1 aromatic heterocycles. The molecule has 4 heterocycles. The van der Waals surface area contributed by atoms with E-state index in [2.05, 4.69) is 33.9 Å². The molecule has 4 fully saturated rings. The number of fused-ring (bicyclic) bond motifs is 3. The molecular weight excluding hydrogens is 592 g/mol. The Bertz CT molecular complexity index is 1520. The van der Waals surface area contributed by atoms with Crippen LogP contribution in [0.4, 0.5) is 10.2 Å². The molecular formula is C32H38Cl2FN5O3. The molecule has 3 aliphatic heterocycles. The lowest BCUT2D eigenvalue weighted by atomic mass is 9.94. The number of anilines is 1. The zero-order valence-electron chi connectivity index (χ0n) is 24.6. The SMILES string of the molecule is CC1CN(CCCOc2nc(N3CC4CCC(C3)N4)c3cc(Cl)c(-c4cc(O)cc(Cl)c4C4CC4)c(F)c3n2)CC(C)O1. The molecule has 3 aromatic rings. The van der Waals surface area contributed by atoms with E-state index in [1.54, 1.807) is 12.1 Å². The highest BCUT2D eigenvalue weighted by Gasteiger charge is 2.35. The fourth-order valence-electron chi connectivity index (χ4n) is 7.20. The molecule has 43 heavy (non-hydrogen) atoms. The molecule has 1 saturated carbocycles. The summed E-state index contributed by atoms with van der Waals surface area (Å²) in [4.78, 5) is 14.1. The number of morpholine rings is 1. The van der Waals surface area contributed by atoms with Crippen molar-refractivity contribution in [3.63, 3.8) is 0 Å². The Morgan fingerprint density at radius 1 is 1.00 bits per heavy atom. The largest absolute Gasteiger partial charge is 0.508 e. The van der Waals surface area contributed by atoms with E-state index in [0.29, 0.717) is 40.5 Å². The number of benzene rings is 2. The summed E-state index contributed by atoms with van der Waals surface area (Å²) >= 11 is 13.4. The molecule has 4 aliphatic rings. The predicted molar refractivity (Wildman–Crippen MR) is 167 cm³/mol. The van der Waals surface area contributed by atoms with E-state index in [1.165, 1.54) is 6.07 Å². The van der Waals surface area contributed by atoms with Gasteiger partial charge in [0.05, 0.1) is 23.8 Å². The van der Waals surface area contributed by atoms with Crippen molar-refractivity contribution in [2.75, 3.05) is 44.2 Å². The van der Waals surface area contributed by atoms with E-state index in [0.717, 1.165) is 70.4 Å². The second-order valence-electron chi connectivity index (χ2n) is 12.7. The van der Waals surface area contributed by atoms with Gasteiger partial charge in [-0.25, -0.2) is 4.39 Å². The Morgan fingerprint density at radius 2 is 1.72 bits per heavy atom. The Hall–Kier alpha value is -2.43. The molecule has 1 aliphatic carbocycles. The second-order valence-corrected chi connectivity index (χ2v) is 13.5. The van der Waals surface area contributed by atoms with E-state index in [9.17, 15) is 5.11 Å². The maximum atomic E-state index is 16.7. The van der Waals surface area contributed by atoms with Crippen LogP contribution >= 0.6 is 23.2 Å². The molecule has 4 atom stereocenters. The van der Waals surface area contributed by atoms with E-state index in [-0.39, 0.29) is 46.0 Å². The number of phenols is 1. The van der Waals surface area contributed by atoms with Crippen molar-refractivity contribution in [3.8, 4) is 22.9 Å². The second kappa shape index (κ2) is 11.8. The van der Waals surface area contributed by atoms with Gasteiger partial charge >= 0.3 is 6.01 Å². The molecule has 2 N–H and O–H groups in total. The molecule has 8 nitrogen and oxygen atoms in total. The van der Waals surface area contributed by atoms with Gasteiger partial charge < -0.3 is 24.8 Å². The van der Waals surface area contributed by atoms with E-state index >= 15 is 4.39 Å². The van der Waals surface area contributed by atoms with E-state index < -0.39 is 5.82 Å². The first-order chi connectivity index (χ1) is 20.7. The van der Waals surface area contributed by atoms with Crippen molar-refractivity contribution in [1.82, 2.24) is 20.2 Å². The highest BCUT2D eigenvalue weighted by molar-refractivity contribution is 6.35. The quantitative estimate of drug-likeness (QED) is 0.287. The van der Waals surface area contributed by atoms with Gasteiger partial charge in [-0.3, -0.25) is 4.90 Å². The monoisotopic (exact) mass is 629 g/mol. The lowest BCUT2D eigenvalue weighted by molar-refractivity contribution is -0.0686. The first kappa shape index (κ1) is 29.3. The Balaban J connectivity index is 1.25. The fraction of sp³-hybridized carbons (Fsp3) is 0.562. The summed E-state index contributed by atoms with van der Waals surface area (Å²) in [6, 6.07) is 5.70. The summed E-state index contributed by atoms with van der Waals surface area (Å²) in [7, 11) is 0. The zero-order chi connectivity index (χ0) is 29.8. The first-order valence-electron chi connectivity index (χ1n) is 15.5. The number of halogens is 3. The van der Waals surface area contributed by atoms with Gasteiger partial charge in [0.25, 0.3) is 0 Å². The number of piperazine rings is 1. The Kier molecular flexibility index (Phi) is 8.05. The number of hydrogen-bond donors (Lipinski definition) is 2. The maximum absolute atomic E-state index is 16.7. The average Bonchev–Trinajstić information content (AvgIpc) is 3.73. The summed E-state index contributed by atoms with van der Waals surface area (Å²) < 4.78 is 28.7. The van der Waals surface area contributed by atoms with Gasteiger partial charge in [-0.15, -0.1) is 0 Å². The third-order valence-electron chi connectivity index (χ3n) is 9.07. The molecule has 11 heteroatoms. The molecule has 7 rings (SSSR count). The number of nitrogens with zero attached hydrogens (tertiary/aromatic N) is 4. The standard InChI is InChI=1S/C32H38Cl2FN5O3/c1-17-13-39(14-18(2)43-17)8-3-9-42-32-37-30-24(31(38-32)40-15-20-6-7-21(16-40)36-20)12-26(34)28(29(30)35)23-10-22(41)11-25(33)27(23)19-4-5-19/h10-12,17-21,36,41H,3-9,13-16H2,1-2H3. The van der Waals surface area contributed by atoms with Gasteiger partial charge in [0, 0.05) is 60.8 Å². The number of aromatic nitrogens is 2. The highest BCUT2D eigenvalue weighted by Crippen LogP contribution is 2.51. The van der Waals surface area contributed by atoms with Crippen LogP contribution < -0.4 is 15.0 Å². The van der Waals surface area contributed by atoms with Crippen LogP contribution in [0.2, 0.25) is 10.0 Å². The van der Waals surface area contributed by atoms with Crippen molar-refractivity contribution in [2.24, 2.45) is 0 Å². The number of phenolic OH excluding ortho intramolecular Hbond substituents is 1. The van der Waals surface area contributed by atoms with Crippen molar-refractivity contribution >= 4 is 39.9 Å². The molecule has 0 amide bonds. The molecule has 0 radical (unpaired) electrons. The van der Waals surface area contributed by atoms with Crippen LogP contribution in [0, 0.1) is 5.82 Å². The van der Waals surface area contributed by atoms with Crippen LogP contribution in [0.1, 0.15) is 57.4 Å². The van der Waals surface area contributed by atoms with Gasteiger partial charge in [0.1, 0.15) is 17.1 Å². The van der Waals surface area contributed by atoms with Crippen LogP contribution in [0.5, 0.6) is 11.8 Å². The Morgan fingerprint density at radius 3 is 2.42 bits per heavy atom. The third kappa shape index (κ3) is 5.99. The lowest BCUT2D eigenvalue weighted by Crippen LogP contribution is -2.51. The topological polar surface area (TPSA) is 83.0 Å². The zero-order valence-corrected chi connectivity index (χ0v) is 26.1. The number of nitrogens with one attached hydrogen (secondary N) is 1. The summed E-state index contributed by atoms with van der Waals surface area (Å²) in [6.45, 7) is 8.79.